The molecule has 0 unspecified atom stereocenters. The number of fused-ring (bicyclic) bond motifs is 2. The number of imidazole rings is 1. The van der Waals surface area contributed by atoms with E-state index in [4.69, 9.17) is 20.2 Å². The van der Waals surface area contributed by atoms with Gasteiger partial charge in [0, 0.05) is 25.1 Å². The molecule has 24 heavy (non-hydrogen) atoms. The predicted octanol–water partition coefficient (Wildman–Crippen LogP) is 3.67. The van der Waals surface area contributed by atoms with Crippen molar-refractivity contribution >= 4 is 11.0 Å². The first-order valence-corrected chi connectivity index (χ1v) is 9.32. The van der Waals surface area contributed by atoms with Crippen molar-refractivity contribution < 1.29 is 9.47 Å². The average Bonchev–Trinajstić information content (AvgIpc) is 2.94. The van der Waals surface area contributed by atoms with Gasteiger partial charge in [0.15, 0.2) is 11.5 Å². The first kappa shape index (κ1) is 17.1. The van der Waals surface area contributed by atoms with Crippen LogP contribution in [0.1, 0.15) is 51.3 Å². The van der Waals surface area contributed by atoms with E-state index in [1.54, 1.807) is 0 Å². The molecule has 1 aliphatic rings. The zero-order valence-electron chi connectivity index (χ0n) is 14.7. The predicted molar refractivity (Wildman–Crippen MR) is 96.9 cm³/mol. The number of aryl methyl sites for hydroxylation is 2. The summed E-state index contributed by atoms with van der Waals surface area (Å²) in [6.07, 6.45) is 8.26. The fraction of sp³-hybridized carbons (Fsp3) is 0.632. The van der Waals surface area contributed by atoms with Crippen molar-refractivity contribution in [1.29, 1.82) is 0 Å². The zero-order valence-corrected chi connectivity index (χ0v) is 14.7. The van der Waals surface area contributed by atoms with Crippen LogP contribution in [0.15, 0.2) is 12.1 Å². The molecule has 5 heteroatoms. The van der Waals surface area contributed by atoms with E-state index in [1.807, 2.05) is 6.07 Å². The number of rotatable bonds is 9. The highest BCUT2D eigenvalue weighted by atomic mass is 16.6. The Bertz CT molecular complexity index is 666. The van der Waals surface area contributed by atoms with E-state index in [0.29, 0.717) is 19.8 Å². The Morgan fingerprint density at radius 3 is 2.54 bits per heavy atom. The Morgan fingerprint density at radius 1 is 1.04 bits per heavy atom. The van der Waals surface area contributed by atoms with E-state index >= 15 is 0 Å². The lowest BCUT2D eigenvalue weighted by Crippen LogP contribution is -2.15. The topological polar surface area (TPSA) is 62.3 Å². The van der Waals surface area contributed by atoms with Crippen LogP contribution < -0.4 is 15.2 Å². The van der Waals surface area contributed by atoms with E-state index in [1.165, 1.54) is 32.1 Å². The van der Waals surface area contributed by atoms with Gasteiger partial charge in [-0.25, -0.2) is 4.98 Å². The molecule has 0 saturated carbocycles. The number of nitrogens with zero attached hydrogens (tertiary/aromatic N) is 2. The normalized spacial score (nSPS) is 13.6. The Kier molecular flexibility index (Phi) is 5.96. The van der Waals surface area contributed by atoms with Crippen LogP contribution in [-0.4, -0.2) is 29.3 Å². The number of hydrogen-bond acceptors (Lipinski definition) is 4. The number of nitrogens with two attached hydrogens (primary N) is 1. The zero-order chi connectivity index (χ0) is 16.8. The highest BCUT2D eigenvalue weighted by molar-refractivity contribution is 5.80. The molecule has 0 aliphatic carbocycles. The number of unbranched alkanes of at least 4 members (excludes halogenated alkanes) is 4. The van der Waals surface area contributed by atoms with E-state index in [0.717, 1.165) is 47.7 Å². The molecule has 1 aliphatic heterocycles. The molecule has 1 aromatic heterocycles. The molecule has 0 atom stereocenters. The fourth-order valence-electron chi connectivity index (χ4n) is 3.29. The van der Waals surface area contributed by atoms with Crippen molar-refractivity contribution in [2.24, 2.45) is 5.73 Å². The second-order valence-corrected chi connectivity index (χ2v) is 6.47. The molecular formula is C19H29N3O2. The smallest absolute Gasteiger partial charge is 0.163 e. The quantitative estimate of drug-likeness (QED) is 0.712. The van der Waals surface area contributed by atoms with Crippen LogP contribution in [0.5, 0.6) is 11.5 Å². The first-order chi connectivity index (χ1) is 11.8. The summed E-state index contributed by atoms with van der Waals surface area (Å²) in [6.45, 7) is 5.18. The van der Waals surface area contributed by atoms with Crippen molar-refractivity contribution in [2.75, 3.05) is 19.8 Å². The van der Waals surface area contributed by atoms with Crippen molar-refractivity contribution in [2.45, 2.75) is 58.4 Å². The molecule has 0 spiro atoms. The van der Waals surface area contributed by atoms with Gasteiger partial charge in [0.2, 0.25) is 0 Å². The molecule has 3 rings (SSSR count). The largest absolute Gasteiger partial charge is 0.486 e. The number of benzene rings is 1. The van der Waals surface area contributed by atoms with Gasteiger partial charge in [0.1, 0.15) is 19.0 Å². The summed E-state index contributed by atoms with van der Waals surface area (Å²) < 4.78 is 13.8. The highest BCUT2D eigenvalue weighted by Gasteiger charge is 2.17. The van der Waals surface area contributed by atoms with Crippen molar-refractivity contribution in [3.63, 3.8) is 0 Å². The van der Waals surface area contributed by atoms with Gasteiger partial charge in [-0.3, -0.25) is 0 Å². The van der Waals surface area contributed by atoms with Gasteiger partial charge >= 0.3 is 0 Å². The van der Waals surface area contributed by atoms with Gasteiger partial charge in [0.25, 0.3) is 0 Å². The van der Waals surface area contributed by atoms with Gasteiger partial charge in [-0.1, -0.05) is 32.6 Å². The van der Waals surface area contributed by atoms with Crippen LogP contribution in [0.3, 0.4) is 0 Å². The summed E-state index contributed by atoms with van der Waals surface area (Å²) in [5.41, 5.74) is 7.85. The SMILES string of the molecule is CCCCCCCn1c(CCCN)nc2cc3c(cc21)OCCO3. The van der Waals surface area contributed by atoms with Gasteiger partial charge in [-0.15, -0.1) is 0 Å². The van der Waals surface area contributed by atoms with Crippen molar-refractivity contribution in [1.82, 2.24) is 9.55 Å². The van der Waals surface area contributed by atoms with Crippen molar-refractivity contribution in [3.05, 3.63) is 18.0 Å². The second-order valence-electron chi connectivity index (χ2n) is 6.47. The molecule has 2 heterocycles. The summed E-state index contributed by atoms with van der Waals surface area (Å²) in [5.74, 6) is 2.78. The molecular weight excluding hydrogens is 302 g/mol. The maximum Gasteiger partial charge on any atom is 0.163 e. The minimum absolute atomic E-state index is 0.608. The molecule has 0 saturated heterocycles. The van der Waals surface area contributed by atoms with Crippen LogP contribution in [0.2, 0.25) is 0 Å². The standard InChI is InChI=1S/C19H29N3O2/c1-2-3-4-5-6-10-22-16-14-18-17(23-11-12-24-18)13-15(16)21-19(22)8-7-9-20/h13-14H,2-12,20H2,1H3. The van der Waals surface area contributed by atoms with Crippen LogP contribution in [-0.2, 0) is 13.0 Å². The van der Waals surface area contributed by atoms with Gasteiger partial charge in [0.05, 0.1) is 11.0 Å². The molecule has 132 valence electrons. The average molecular weight is 331 g/mol. The number of ether oxygens (including phenoxy) is 2. The number of aromatic nitrogens is 2. The van der Waals surface area contributed by atoms with Crippen LogP contribution in [0.25, 0.3) is 11.0 Å². The molecule has 2 N–H and O–H groups in total. The molecule has 0 amide bonds. The van der Waals surface area contributed by atoms with Crippen molar-refractivity contribution in [3.8, 4) is 11.5 Å². The third-order valence-corrected chi connectivity index (χ3v) is 4.58. The molecule has 5 nitrogen and oxygen atoms in total. The minimum atomic E-state index is 0.608. The van der Waals surface area contributed by atoms with Gasteiger partial charge < -0.3 is 19.8 Å². The first-order valence-electron chi connectivity index (χ1n) is 9.32. The summed E-state index contributed by atoms with van der Waals surface area (Å²) >= 11 is 0. The third-order valence-electron chi connectivity index (χ3n) is 4.58. The molecule has 0 fully saturated rings. The minimum Gasteiger partial charge on any atom is -0.486 e. The summed E-state index contributed by atoms with van der Waals surface area (Å²) in [4.78, 5) is 4.85. The Morgan fingerprint density at radius 2 is 1.79 bits per heavy atom. The maximum absolute atomic E-state index is 5.75. The fourth-order valence-corrected chi connectivity index (χ4v) is 3.29. The maximum atomic E-state index is 5.75. The van der Waals surface area contributed by atoms with E-state index in [9.17, 15) is 0 Å². The van der Waals surface area contributed by atoms with Crippen LogP contribution in [0, 0.1) is 0 Å². The molecule has 0 bridgehead atoms. The molecule has 0 radical (unpaired) electrons. The van der Waals surface area contributed by atoms with Crippen LogP contribution >= 0.6 is 0 Å². The second kappa shape index (κ2) is 8.38. The Balaban J connectivity index is 1.84. The lowest BCUT2D eigenvalue weighted by atomic mass is 10.1. The van der Waals surface area contributed by atoms with E-state index in [-0.39, 0.29) is 0 Å². The van der Waals surface area contributed by atoms with E-state index < -0.39 is 0 Å². The lowest BCUT2D eigenvalue weighted by molar-refractivity contribution is 0.172. The Hall–Kier alpha value is -1.75. The summed E-state index contributed by atoms with van der Waals surface area (Å²) in [7, 11) is 0. The van der Waals surface area contributed by atoms with Crippen LogP contribution in [0.4, 0.5) is 0 Å². The highest BCUT2D eigenvalue weighted by Crippen LogP contribution is 2.35. The number of hydrogen-bond donors (Lipinski definition) is 1. The summed E-state index contributed by atoms with van der Waals surface area (Å²) in [6, 6.07) is 4.11. The third kappa shape index (κ3) is 3.83. The molecule has 1 aromatic carbocycles. The van der Waals surface area contributed by atoms with Gasteiger partial charge in [-0.05, 0) is 19.4 Å². The molecule has 2 aromatic rings. The monoisotopic (exact) mass is 331 g/mol. The summed E-state index contributed by atoms with van der Waals surface area (Å²) in [5, 5.41) is 0. The lowest BCUT2D eigenvalue weighted by Gasteiger charge is -2.18. The van der Waals surface area contributed by atoms with Gasteiger partial charge in [-0.2, -0.15) is 0 Å². The Labute approximate surface area is 144 Å². The van der Waals surface area contributed by atoms with E-state index in [2.05, 4.69) is 17.6 Å².